The summed E-state index contributed by atoms with van der Waals surface area (Å²) in [5, 5.41) is 2.53. The molecular formula is C15H20FN3O2. The lowest BCUT2D eigenvalue weighted by Gasteiger charge is -2.22. The Morgan fingerprint density at radius 1 is 1.29 bits per heavy atom. The van der Waals surface area contributed by atoms with Gasteiger partial charge in [-0.25, -0.2) is 9.18 Å². The summed E-state index contributed by atoms with van der Waals surface area (Å²) >= 11 is 0. The second kappa shape index (κ2) is 6.11. The number of amides is 3. The van der Waals surface area contributed by atoms with Crippen LogP contribution in [0, 0.1) is 5.82 Å². The first-order chi connectivity index (χ1) is 9.97. The van der Waals surface area contributed by atoms with Crippen molar-refractivity contribution in [2.75, 3.05) is 18.0 Å². The molecule has 0 unspecified atom stereocenters. The van der Waals surface area contributed by atoms with E-state index < -0.39 is 12.1 Å². The van der Waals surface area contributed by atoms with Crippen LogP contribution in [0.15, 0.2) is 18.2 Å². The normalized spacial score (nSPS) is 18.1. The minimum atomic E-state index is -0.516. The molecule has 1 aliphatic rings. The number of halogens is 1. The van der Waals surface area contributed by atoms with E-state index in [-0.39, 0.29) is 18.3 Å². The number of nitrogens with one attached hydrogen (secondary N) is 1. The number of hydrogen-bond acceptors (Lipinski definition) is 3. The number of rotatable bonds is 5. The van der Waals surface area contributed by atoms with E-state index in [1.54, 1.807) is 19.1 Å². The van der Waals surface area contributed by atoms with Crippen molar-refractivity contribution in [1.82, 2.24) is 10.2 Å². The van der Waals surface area contributed by atoms with Crippen molar-refractivity contribution in [3.63, 3.8) is 0 Å². The zero-order valence-corrected chi connectivity index (χ0v) is 12.5. The van der Waals surface area contributed by atoms with Crippen LogP contribution in [0.25, 0.3) is 0 Å². The van der Waals surface area contributed by atoms with Gasteiger partial charge in [0.05, 0.1) is 12.2 Å². The van der Waals surface area contributed by atoms with Crippen LogP contribution in [0.5, 0.6) is 0 Å². The highest BCUT2D eigenvalue weighted by Crippen LogP contribution is 2.22. The van der Waals surface area contributed by atoms with Gasteiger partial charge in [-0.15, -0.1) is 0 Å². The summed E-state index contributed by atoms with van der Waals surface area (Å²) in [5.41, 5.74) is 1.13. The van der Waals surface area contributed by atoms with Gasteiger partial charge in [0.2, 0.25) is 0 Å². The molecule has 0 aliphatic carbocycles. The number of carbonyl (C=O) groups excluding carboxylic acids is 2. The minimum absolute atomic E-state index is 0.0878. The van der Waals surface area contributed by atoms with E-state index in [9.17, 15) is 14.0 Å². The Bertz CT molecular complexity index is 558. The maximum absolute atomic E-state index is 14.2. The zero-order valence-electron chi connectivity index (χ0n) is 12.5. The lowest BCUT2D eigenvalue weighted by Crippen LogP contribution is -2.30. The smallest absolute Gasteiger partial charge is 0.325 e. The van der Waals surface area contributed by atoms with Crippen LogP contribution in [-0.2, 0) is 11.3 Å². The number of benzene rings is 1. The van der Waals surface area contributed by atoms with E-state index in [0.29, 0.717) is 11.3 Å². The Kier molecular flexibility index (Phi) is 4.45. The van der Waals surface area contributed by atoms with Crippen molar-refractivity contribution in [1.29, 1.82) is 0 Å². The molecule has 0 aromatic heterocycles. The van der Waals surface area contributed by atoms with Gasteiger partial charge in [-0.1, -0.05) is 6.07 Å². The monoisotopic (exact) mass is 293 g/mol. The van der Waals surface area contributed by atoms with E-state index >= 15 is 0 Å². The zero-order chi connectivity index (χ0) is 15.6. The molecule has 1 aliphatic heterocycles. The van der Waals surface area contributed by atoms with Crippen molar-refractivity contribution in [2.24, 2.45) is 0 Å². The molecule has 1 aromatic rings. The Labute approximate surface area is 123 Å². The van der Waals surface area contributed by atoms with Crippen LogP contribution in [-0.4, -0.2) is 36.0 Å². The molecule has 2 rings (SSSR count). The van der Waals surface area contributed by atoms with Gasteiger partial charge in [-0.2, -0.15) is 0 Å². The Morgan fingerprint density at radius 2 is 1.95 bits per heavy atom. The van der Waals surface area contributed by atoms with Crippen molar-refractivity contribution >= 4 is 17.6 Å². The lowest BCUT2D eigenvalue weighted by molar-refractivity contribution is -0.127. The van der Waals surface area contributed by atoms with E-state index in [1.165, 1.54) is 6.07 Å². The summed E-state index contributed by atoms with van der Waals surface area (Å²) in [6.07, 6.45) is 0. The Hall–Kier alpha value is -2.11. The number of anilines is 1. The summed E-state index contributed by atoms with van der Waals surface area (Å²) < 4.78 is 14.2. The topological polar surface area (TPSA) is 52.6 Å². The summed E-state index contributed by atoms with van der Waals surface area (Å²) in [7, 11) is 0. The first kappa shape index (κ1) is 15.3. The van der Waals surface area contributed by atoms with Crippen LogP contribution in [0.4, 0.5) is 14.9 Å². The molecule has 0 radical (unpaired) electrons. The number of hydrogen-bond donors (Lipinski definition) is 1. The van der Waals surface area contributed by atoms with Crippen molar-refractivity contribution in [3.05, 3.63) is 29.6 Å². The second-order valence-corrected chi connectivity index (χ2v) is 5.05. The molecular weight excluding hydrogens is 273 g/mol. The molecule has 1 fully saturated rings. The highest BCUT2D eigenvalue weighted by Gasteiger charge is 2.34. The molecule has 0 bridgehead atoms. The molecule has 21 heavy (non-hydrogen) atoms. The molecule has 0 spiro atoms. The van der Waals surface area contributed by atoms with Crippen LogP contribution in [0.3, 0.4) is 0 Å². The quantitative estimate of drug-likeness (QED) is 0.846. The largest absolute Gasteiger partial charge is 0.370 e. The van der Waals surface area contributed by atoms with Crippen molar-refractivity contribution in [3.8, 4) is 0 Å². The van der Waals surface area contributed by atoms with E-state index in [1.807, 2.05) is 18.7 Å². The Morgan fingerprint density at radius 3 is 2.43 bits per heavy atom. The summed E-state index contributed by atoms with van der Waals surface area (Å²) in [5.74, 6) is -0.621. The van der Waals surface area contributed by atoms with E-state index in [2.05, 4.69) is 5.32 Å². The molecule has 6 heteroatoms. The molecule has 5 nitrogen and oxygen atoms in total. The molecule has 1 aromatic carbocycles. The second-order valence-electron chi connectivity index (χ2n) is 5.05. The first-order valence-electron chi connectivity index (χ1n) is 7.13. The lowest BCUT2D eigenvalue weighted by atomic mass is 10.1. The molecule has 1 atom stereocenters. The molecule has 1 N–H and O–H groups in total. The first-order valence-corrected chi connectivity index (χ1v) is 7.13. The number of nitrogens with zero attached hydrogens (tertiary/aromatic N) is 2. The predicted octanol–water partition coefficient (Wildman–Crippen LogP) is 2.11. The maximum atomic E-state index is 14.2. The van der Waals surface area contributed by atoms with Crippen LogP contribution in [0.2, 0.25) is 0 Å². The number of urea groups is 1. The molecule has 0 saturated carbocycles. The number of carbonyl (C=O) groups is 2. The van der Waals surface area contributed by atoms with Gasteiger partial charge in [-0.05, 0) is 38.5 Å². The molecule has 1 saturated heterocycles. The van der Waals surface area contributed by atoms with Gasteiger partial charge < -0.3 is 10.2 Å². The summed E-state index contributed by atoms with van der Waals surface area (Å²) in [6, 6.07) is 3.88. The van der Waals surface area contributed by atoms with Gasteiger partial charge >= 0.3 is 6.03 Å². The van der Waals surface area contributed by atoms with E-state index in [4.69, 9.17) is 0 Å². The summed E-state index contributed by atoms with van der Waals surface area (Å²) in [6.45, 7) is 7.08. The maximum Gasteiger partial charge on any atom is 0.325 e. The third kappa shape index (κ3) is 2.99. The fourth-order valence-electron chi connectivity index (χ4n) is 2.46. The van der Waals surface area contributed by atoms with Crippen LogP contribution < -0.4 is 10.2 Å². The molecule has 3 amide bonds. The van der Waals surface area contributed by atoms with Crippen LogP contribution in [0.1, 0.15) is 26.3 Å². The van der Waals surface area contributed by atoms with Crippen molar-refractivity contribution < 1.29 is 14.0 Å². The van der Waals surface area contributed by atoms with Gasteiger partial charge in [0.1, 0.15) is 11.9 Å². The average Bonchev–Trinajstić information content (AvgIpc) is 2.69. The molecule has 1 heterocycles. The minimum Gasteiger partial charge on any atom is -0.370 e. The van der Waals surface area contributed by atoms with Gasteiger partial charge in [-0.3, -0.25) is 9.69 Å². The van der Waals surface area contributed by atoms with Crippen molar-refractivity contribution in [2.45, 2.75) is 33.4 Å². The fourth-order valence-corrected chi connectivity index (χ4v) is 2.46. The highest BCUT2D eigenvalue weighted by molar-refractivity contribution is 6.03. The average molecular weight is 293 g/mol. The SMILES string of the molecule is CCN(CC)c1ccc(CN2C(=O)N[C@H](C)C2=O)cc1F. The summed E-state index contributed by atoms with van der Waals surface area (Å²) in [4.78, 5) is 26.5. The number of imide groups is 1. The van der Waals surface area contributed by atoms with Crippen LogP contribution >= 0.6 is 0 Å². The van der Waals surface area contributed by atoms with Gasteiger partial charge in [0.25, 0.3) is 5.91 Å². The fraction of sp³-hybridized carbons (Fsp3) is 0.467. The standard InChI is InChI=1S/C15H20FN3O2/c1-4-18(5-2)13-7-6-11(8-12(13)16)9-19-14(20)10(3)17-15(19)21/h6-8,10H,4-5,9H2,1-3H3,(H,17,21)/t10-/m1/s1. The molecule has 114 valence electrons. The predicted molar refractivity (Wildman–Crippen MR) is 78.5 cm³/mol. The van der Waals surface area contributed by atoms with Gasteiger partial charge in [0.15, 0.2) is 0 Å². The third-order valence-corrected chi connectivity index (χ3v) is 3.68. The van der Waals surface area contributed by atoms with E-state index in [0.717, 1.165) is 18.0 Å². The third-order valence-electron chi connectivity index (χ3n) is 3.68. The Balaban J connectivity index is 2.17. The highest BCUT2D eigenvalue weighted by atomic mass is 19.1. The van der Waals surface area contributed by atoms with Gasteiger partial charge in [0, 0.05) is 13.1 Å².